The van der Waals surface area contributed by atoms with Gasteiger partial charge in [0.05, 0.1) is 11.6 Å². The molecule has 0 spiro atoms. The maximum Gasteiger partial charge on any atom is 0.155 e. The number of nitriles is 1. The van der Waals surface area contributed by atoms with E-state index >= 15 is 0 Å². The molecule has 0 saturated carbocycles. The third kappa shape index (κ3) is 2.92. The van der Waals surface area contributed by atoms with Gasteiger partial charge in [-0.05, 0) is 34.5 Å². The minimum Gasteiger partial charge on any atom is -0.229 e. The molecule has 1 aromatic heterocycles. The molecule has 0 bridgehead atoms. The minimum atomic E-state index is 0.671. The molecule has 0 amide bonds. The molecule has 2 aromatic rings. The van der Waals surface area contributed by atoms with Crippen LogP contribution < -0.4 is 0 Å². The fourth-order valence-corrected chi connectivity index (χ4v) is 1.71. The SMILES string of the molecule is CCCCn1nnnc1Cc1ccc(C#N)cc1. The predicted octanol–water partition coefficient (Wildman–Crippen LogP) is 1.94. The van der Waals surface area contributed by atoms with Crippen molar-refractivity contribution < 1.29 is 0 Å². The van der Waals surface area contributed by atoms with Crippen molar-refractivity contribution in [2.24, 2.45) is 0 Å². The first-order valence-corrected chi connectivity index (χ1v) is 6.07. The van der Waals surface area contributed by atoms with E-state index in [0.29, 0.717) is 12.0 Å². The van der Waals surface area contributed by atoms with Crippen molar-refractivity contribution >= 4 is 0 Å². The molecule has 0 aliphatic heterocycles. The van der Waals surface area contributed by atoms with Crippen molar-refractivity contribution in [1.29, 1.82) is 5.26 Å². The van der Waals surface area contributed by atoms with E-state index in [0.717, 1.165) is 30.8 Å². The summed E-state index contributed by atoms with van der Waals surface area (Å²) in [5.74, 6) is 0.869. The molecule has 2 rings (SSSR count). The molecule has 0 fully saturated rings. The number of rotatable bonds is 5. The number of benzene rings is 1. The van der Waals surface area contributed by atoms with E-state index in [2.05, 4.69) is 28.5 Å². The van der Waals surface area contributed by atoms with E-state index < -0.39 is 0 Å². The predicted molar refractivity (Wildman–Crippen MR) is 66.7 cm³/mol. The standard InChI is InChI=1S/C13H15N5/c1-2-3-8-18-13(15-16-17-18)9-11-4-6-12(10-14)7-5-11/h4-7H,2-3,8-9H2,1H3. The Morgan fingerprint density at radius 1 is 1.28 bits per heavy atom. The highest BCUT2D eigenvalue weighted by Crippen LogP contribution is 2.08. The van der Waals surface area contributed by atoms with Gasteiger partial charge in [-0.15, -0.1) is 5.10 Å². The van der Waals surface area contributed by atoms with Gasteiger partial charge in [-0.25, -0.2) is 4.68 Å². The Balaban J connectivity index is 2.08. The molecule has 0 unspecified atom stereocenters. The van der Waals surface area contributed by atoms with Gasteiger partial charge in [0.2, 0.25) is 0 Å². The van der Waals surface area contributed by atoms with Gasteiger partial charge in [0.1, 0.15) is 0 Å². The van der Waals surface area contributed by atoms with Crippen molar-refractivity contribution in [3.05, 3.63) is 41.2 Å². The first-order valence-electron chi connectivity index (χ1n) is 6.07. The normalized spacial score (nSPS) is 10.2. The third-order valence-corrected chi connectivity index (χ3v) is 2.77. The molecule has 0 saturated heterocycles. The molecular weight excluding hydrogens is 226 g/mol. The Labute approximate surface area is 106 Å². The summed E-state index contributed by atoms with van der Waals surface area (Å²) in [6.45, 7) is 3.00. The smallest absolute Gasteiger partial charge is 0.155 e. The zero-order valence-corrected chi connectivity index (χ0v) is 10.4. The van der Waals surface area contributed by atoms with Crippen LogP contribution in [0.1, 0.15) is 36.7 Å². The second kappa shape index (κ2) is 5.92. The van der Waals surface area contributed by atoms with Gasteiger partial charge in [0.15, 0.2) is 5.82 Å². The van der Waals surface area contributed by atoms with Crippen molar-refractivity contribution in [3.63, 3.8) is 0 Å². The number of tetrazole rings is 1. The van der Waals surface area contributed by atoms with Gasteiger partial charge < -0.3 is 0 Å². The zero-order valence-electron chi connectivity index (χ0n) is 10.4. The highest BCUT2D eigenvalue weighted by atomic mass is 15.5. The lowest BCUT2D eigenvalue weighted by Crippen LogP contribution is -2.06. The minimum absolute atomic E-state index is 0.671. The lowest BCUT2D eigenvalue weighted by molar-refractivity contribution is 0.536. The molecule has 5 nitrogen and oxygen atoms in total. The van der Waals surface area contributed by atoms with Crippen LogP contribution in [0.15, 0.2) is 24.3 Å². The van der Waals surface area contributed by atoms with E-state index in [4.69, 9.17) is 5.26 Å². The zero-order chi connectivity index (χ0) is 12.8. The van der Waals surface area contributed by atoms with E-state index in [1.807, 2.05) is 28.9 Å². The summed E-state index contributed by atoms with van der Waals surface area (Å²) in [5, 5.41) is 20.5. The van der Waals surface area contributed by atoms with Crippen LogP contribution in [0, 0.1) is 11.3 Å². The lowest BCUT2D eigenvalue weighted by Gasteiger charge is -2.03. The fourth-order valence-electron chi connectivity index (χ4n) is 1.71. The van der Waals surface area contributed by atoms with Gasteiger partial charge in [-0.3, -0.25) is 0 Å². The summed E-state index contributed by atoms with van der Waals surface area (Å²) in [5.41, 5.74) is 1.78. The molecule has 0 atom stereocenters. The van der Waals surface area contributed by atoms with Gasteiger partial charge in [0, 0.05) is 13.0 Å². The Morgan fingerprint density at radius 2 is 2.06 bits per heavy atom. The Hall–Kier alpha value is -2.22. The van der Waals surface area contributed by atoms with Crippen LogP contribution in [0.4, 0.5) is 0 Å². The first kappa shape index (κ1) is 12.2. The second-order valence-corrected chi connectivity index (χ2v) is 4.16. The van der Waals surface area contributed by atoms with Crippen molar-refractivity contribution in [3.8, 4) is 6.07 Å². The number of hydrogen-bond acceptors (Lipinski definition) is 4. The number of aryl methyl sites for hydroxylation is 1. The molecule has 0 aliphatic rings. The second-order valence-electron chi connectivity index (χ2n) is 4.16. The van der Waals surface area contributed by atoms with Crippen LogP contribution in [0.3, 0.4) is 0 Å². The Morgan fingerprint density at radius 3 is 2.72 bits per heavy atom. The Bertz CT molecular complexity index is 535. The third-order valence-electron chi connectivity index (χ3n) is 2.77. The van der Waals surface area contributed by atoms with E-state index in [1.54, 1.807) is 0 Å². The lowest BCUT2D eigenvalue weighted by atomic mass is 10.1. The maximum absolute atomic E-state index is 8.74. The number of nitrogens with zero attached hydrogens (tertiary/aromatic N) is 5. The molecule has 0 aliphatic carbocycles. The Kier molecular flexibility index (Phi) is 4.02. The van der Waals surface area contributed by atoms with Crippen LogP contribution in [-0.4, -0.2) is 20.2 Å². The number of hydrogen-bond donors (Lipinski definition) is 0. The molecule has 5 heteroatoms. The van der Waals surface area contributed by atoms with Gasteiger partial charge in [0.25, 0.3) is 0 Å². The largest absolute Gasteiger partial charge is 0.229 e. The van der Waals surface area contributed by atoms with Crippen LogP contribution in [0.25, 0.3) is 0 Å². The monoisotopic (exact) mass is 241 g/mol. The molecule has 0 radical (unpaired) electrons. The van der Waals surface area contributed by atoms with E-state index in [9.17, 15) is 0 Å². The molecular formula is C13H15N5. The van der Waals surface area contributed by atoms with E-state index in [1.165, 1.54) is 0 Å². The molecule has 0 N–H and O–H groups in total. The van der Waals surface area contributed by atoms with Crippen LogP contribution in [0.2, 0.25) is 0 Å². The van der Waals surface area contributed by atoms with Crippen LogP contribution in [-0.2, 0) is 13.0 Å². The summed E-state index contributed by atoms with van der Waals surface area (Å²) < 4.78 is 1.85. The molecule has 18 heavy (non-hydrogen) atoms. The van der Waals surface area contributed by atoms with Crippen LogP contribution in [0.5, 0.6) is 0 Å². The van der Waals surface area contributed by atoms with Crippen LogP contribution >= 0.6 is 0 Å². The summed E-state index contributed by atoms with van der Waals surface area (Å²) in [6.07, 6.45) is 2.89. The van der Waals surface area contributed by atoms with Crippen molar-refractivity contribution in [2.45, 2.75) is 32.7 Å². The summed E-state index contributed by atoms with van der Waals surface area (Å²) in [4.78, 5) is 0. The topological polar surface area (TPSA) is 67.4 Å². The number of unbranched alkanes of at least 4 members (excludes halogenated alkanes) is 1. The number of aromatic nitrogens is 4. The van der Waals surface area contributed by atoms with Gasteiger partial charge in [-0.2, -0.15) is 5.26 Å². The van der Waals surface area contributed by atoms with Gasteiger partial charge in [-0.1, -0.05) is 25.5 Å². The van der Waals surface area contributed by atoms with Crippen molar-refractivity contribution in [1.82, 2.24) is 20.2 Å². The van der Waals surface area contributed by atoms with Crippen molar-refractivity contribution in [2.75, 3.05) is 0 Å². The van der Waals surface area contributed by atoms with Gasteiger partial charge >= 0.3 is 0 Å². The highest BCUT2D eigenvalue weighted by molar-refractivity contribution is 5.32. The quantitative estimate of drug-likeness (QED) is 0.802. The highest BCUT2D eigenvalue weighted by Gasteiger charge is 2.06. The summed E-state index contributed by atoms with van der Waals surface area (Å²) >= 11 is 0. The average molecular weight is 241 g/mol. The summed E-state index contributed by atoms with van der Waals surface area (Å²) in [7, 11) is 0. The molecule has 1 aromatic carbocycles. The first-order chi connectivity index (χ1) is 8.83. The summed E-state index contributed by atoms with van der Waals surface area (Å²) in [6, 6.07) is 9.62. The van der Waals surface area contributed by atoms with E-state index in [-0.39, 0.29) is 0 Å². The molecule has 1 heterocycles. The molecule has 92 valence electrons. The maximum atomic E-state index is 8.74. The average Bonchev–Trinajstić information content (AvgIpc) is 2.84. The fraction of sp³-hybridized carbons (Fsp3) is 0.385.